The van der Waals surface area contributed by atoms with Crippen molar-refractivity contribution in [3.63, 3.8) is 0 Å². The summed E-state index contributed by atoms with van der Waals surface area (Å²) in [6.45, 7) is 0.883. The molecule has 2 aliphatic rings. The normalized spacial score (nSPS) is 29.0. The maximum atomic E-state index is 9.69. The van der Waals surface area contributed by atoms with E-state index in [4.69, 9.17) is 23.7 Å². The number of hydrogen-bond acceptors (Lipinski definition) is 11. The summed E-state index contributed by atoms with van der Waals surface area (Å²) in [5, 5.41) is 57.6. The minimum atomic E-state index is -1.39. The SMILES string of the molecule is CC(CO)C(CO)(CO)OC1(COCC2(OC(CO)(CO)C(C)CO)CO2)CO1. The predicted molar refractivity (Wildman–Crippen MR) is 96.7 cm³/mol. The van der Waals surface area contributed by atoms with Crippen molar-refractivity contribution in [3.8, 4) is 0 Å². The van der Waals surface area contributed by atoms with Gasteiger partial charge in [0, 0.05) is 25.0 Å². The molecule has 0 bridgehead atoms. The molecule has 0 saturated carbocycles. The lowest BCUT2D eigenvalue weighted by Crippen LogP contribution is -2.53. The van der Waals surface area contributed by atoms with Crippen LogP contribution in [0.25, 0.3) is 0 Å². The molecule has 29 heavy (non-hydrogen) atoms. The molecule has 0 spiro atoms. The van der Waals surface area contributed by atoms with Crippen LogP contribution >= 0.6 is 0 Å². The van der Waals surface area contributed by atoms with Crippen molar-refractivity contribution in [1.82, 2.24) is 0 Å². The summed E-state index contributed by atoms with van der Waals surface area (Å²) >= 11 is 0. The smallest absolute Gasteiger partial charge is 0.217 e. The maximum absolute atomic E-state index is 9.69. The number of rotatable bonds is 16. The molecule has 0 aliphatic carbocycles. The minimum Gasteiger partial charge on any atom is -0.396 e. The average Bonchev–Trinajstić information content (AvgIpc) is 3.68. The summed E-state index contributed by atoms with van der Waals surface area (Å²) in [5.74, 6) is -3.44. The summed E-state index contributed by atoms with van der Waals surface area (Å²) in [5.41, 5.74) is -2.78. The van der Waals surface area contributed by atoms with E-state index in [2.05, 4.69) is 0 Å². The third-order valence-corrected chi connectivity index (χ3v) is 5.77. The van der Waals surface area contributed by atoms with Gasteiger partial charge in [0.2, 0.25) is 11.6 Å². The first-order chi connectivity index (χ1) is 13.7. The molecule has 172 valence electrons. The summed E-state index contributed by atoms with van der Waals surface area (Å²) in [7, 11) is 0. The van der Waals surface area contributed by atoms with E-state index in [-0.39, 0.29) is 39.6 Å². The second kappa shape index (κ2) is 9.79. The van der Waals surface area contributed by atoms with Crippen molar-refractivity contribution in [2.24, 2.45) is 11.8 Å². The zero-order valence-corrected chi connectivity index (χ0v) is 17.0. The molecule has 0 aromatic carbocycles. The number of aliphatic hydroxyl groups is 6. The minimum absolute atomic E-state index is 0.0534. The Kier molecular flexibility index (Phi) is 8.38. The van der Waals surface area contributed by atoms with Gasteiger partial charge in [0.05, 0.1) is 26.4 Å². The van der Waals surface area contributed by atoms with Gasteiger partial charge in [-0.2, -0.15) is 0 Å². The molecule has 2 aliphatic heterocycles. The molecule has 2 heterocycles. The monoisotopic (exact) mass is 426 g/mol. The Morgan fingerprint density at radius 2 is 1.03 bits per heavy atom. The van der Waals surface area contributed by atoms with Gasteiger partial charge in [0.15, 0.2) is 0 Å². The molecule has 2 fully saturated rings. The van der Waals surface area contributed by atoms with Crippen LogP contribution in [0.15, 0.2) is 0 Å². The zero-order valence-electron chi connectivity index (χ0n) is 17.0. The molecular weight excluding hydrogens is 392 g/mol. The van der Waals surface area contributed by atoms with E-state index in [1.165, 1.54) is 0 Å². The molecule has 4 unspecified atom stereocenters. The van der Waals surface area contributed by atoms with E-state index in [0.717, 1.165) is 0 Å². The first-order valence-corrected chi connectivity index (χ1v) is 9.65. The summed E-state index contributed by atoms with van der Waals surface area (Å²) < 4.78 is 27.9. The first kappa shape index (κ1) is 24.8. The molecule has 0 amide bonds. The summed E-state index contributed by atoms with van der Waals surface area (Å²) in [4.78, 5) is 0. The fourth-order valence-electron chi connectivity index (χ4n) is 2.99. The predicted octanol–water partition coefficient (Wildman–Crippen LogP) is -2.81. The van der Waals surface area contributed by atoms with Crippen molar-refractivity contribution in [2.45, 2.75) is 36.6 Å². The largest absolute Gasteiger partial charge is 0.396 e. The zero-order chi connectivity index (χ0) is 21.8. The summed E-state index contributed by atoms with van der Waals surface area (Å²) in [6, 6.07) is 0. The van der Waals surface area contributed by atoms with E-state index in [9.17, 15) is 30.6 Å². The fourth-order valence-corrected chi connectivity index (χ4v) is 2.99. The maximum Gasteiger partial charge on any atom is 0.217 e. The van der Waals surface area contributed by atoms with Crippen LogP contribution in [0.4, 0.5) is 0 Å². The third-order valence-electron chi connectivity index (χ3n) is 5.77. The van der Waals surface area contributed by atoms with E-state index in [1.54, 1.807) is 13.8 Å². The molecule has 6 N–H and O–H groups in total. The highest BCUT2D eigenvalue weighted by Crippen LogP contribution is 2.40. The van der Waals surface area contributed by atoms with Gasteiger partial charge in [-0.05, 0) is 0 Å². The van der Waals surface area contributed by atoms with Crippen LogP contribution in [-0.4, -0.2) is 119 Å². The second-order valence-corrected chi connectivity index (χ2v) is 8.02. The lowest BCUT2D eigenvalue weighted by atomic mass is 9.90. The highest BCUT2D eigenvalue weighted by Gasteiger charge is 2.57. The lowest BCUT2D eigenvalue weighted by molar-refractivity contribution is -0.247. The van der Waals surface area contributed by atoms with Gasteiger partial charge in [0.25, 0.3) is 0 Å². The Bertz CT molecular complexity index is 454. The molecular formula is C18H34O11. The molecule has 11 nitrogen and oxygen atoms in total. The van der Waals surface area contributed by atoms with Gasteiger partial charge in [-0.25, -0.2) is 0 Å². The molecule has 0 radical (unpaired) electrons. The second-order valence-electron chi connectivity index (χ2n) is 8.02. The number of aliphatic hydroxyl groups excluding tert-OH is 6. The number of ether oxygens (including phenoxy) is 5. The van der Waals surface area contributed by atoms with Gasteiger partial charge in [0.1, 0.15) is 37.6 Å². The van der Waals surface area contributed by atoms with E-state index in [1.807, 2.05) is 0 Å². The molecule has 2 rings (SSSR count). The summed E-state index contributed by atoms with van der Waals surface area (Å²) in [6.07, 6.45) is 0. The quantitative estimate of drug-likeness (QED) is 0.141. The van der Waals surface area contributed by atoms with Gasteiger partial charge in [-0.3, -0.25) is 0 Å². The molecule has 0 aromatic rings. The highest BCUT2D eigenvalue weighted by atomic mass is 16.8. The molecule has 2 saturated heterocycles. The van der Waals surface area contributed by atoms with Gasteiger partial charge < -0.3 is 54.3 Å². The van der Waals surface area contributed by atoms with Crippen molar-refractivity contribution >= 4 is 0 Å². The first-order valence-electron chi connectivity index (χ1n) is 9.65. The Labute approximate surface area is 169 Å². The topological polar surface area (TPSA) is 174 Å². The van der Waals surface area contributed by atoms with E-state index >= 15 is 0 Å². The van der Waals surface area contributed by atoms with Gasteiger partial charge in [-0.1, -0.05) is 13.8 Å². The van der Waals surface area contributed by atoms with Crippen LogP contribution in [0.5, 0.6) is 0 Å². The molecule has 4 atom stereocenters. The van der Waals surface area contributed by atoms with Crippen LogP contribution < -0.4 is 0 Å². The van der Waals surface area contributed by atoms with Crippen LogP contribution in [0.3, 0.4) is 0 Å². The van der Waals surface area contributed by atoms with Gasteiger partial charge in [-0.15, -0.1) is 0 Å². The standard InChI is InChI=1S/C18H34O11/c1-13(3-19)15(5-21,6-22)28-17(11-26-17)9-25-10-18(12-27-18)29-16(7-23,8-24)14(2)4-20/h13-14,19-24H,3-12H2,1-2H3. The van der Waals surface area contributed by atoms with E-state index in [0.29, 0.717) is 0 Å². The van der Waals surface area contributed by atoms with Crippen LogP contribution in [0.2, 0.25) is 0 Å². The Balaban J connectivity index is 1.93. The third kappa shape index (κ3) is 5.43. The van der Waals surface area contributed by atoms with E-state index < -0.39 is 61.0 Å². The lowest BCUT2D eigenvalue weighted by Gasteiger charge is -2.38. The van der Waals surface area contributed by atoms with Gasteiger partial charge >= 0.3 is 0 Å². The van der Waals surface area contributed by atoms with Crippen LogP contribution in [0.1, 0.15) is 13.8 Å². The Morgan fingerprint density at radius 1 is 0.724 bits per heavy atom. The van der Waals surface area contributed by atoms with Crippen LogP contribution in [-0.2, 0) is 23.7 Å². The molecule has 11 heteroatoms. The molecule has 0 aromatic heterocycles. The number of hydrogen-bond donors (Lipinski definition) is 6. The Hall–Kier alpha value is -0.440. The van der Waals surface area contributed by atoms with Crippen molar-refractivity contribution in [3.05, 3.63) is 0 Å². The van der Waals surface area contributed by atoms with Crippen molar-refractivity contribution < 1.29 is 54.3 Å². The Morgan fingerprint density at radius 3 is 1.24 bits per heavy atom. The van der Waals surface area contributed by atoms with Crippen molar-refractivity contribution in [1.29, 1.82) is 0 Å². The number of epoxide rings is 2. The highest BCUT2D eigenvalue weighted by molar-refractivity contribution is 4.95. The van der Waals surface area contributed by atoms with Crippen LogP contribution in [0, 0.1) is 11.8 Å². The van der Waals surface area contributed by atoms with Crippen molar-refractivity contribution in [2.75, 3.05) is 66.1 Å². The fraction of sp³-hybridized carbons (Fsp3) is 1.00. The average molecular weight is 426 g/mol.